The largest absolute Gasteiger partial charge is 0.309 e. The molecule has 4 aromatic heterocycles. The Morgan fingerprint density at radius 1 is 0.346 bits per heavy atom. The second-order valence-electron chi connectivity index (χ2n) is 13.4. The summed E-state index contributed by atoms with van der Waals surface area (Å²) in [6, 6.07) is 57.7. The van der Waals surface area contributed by atoms with Crippen LogP contribution in [0.25, 0.3) is 94.4 Å². The number of para-hydroxylation sites is 6. The molecular formula is C46H30N6. The molecule has 0 saturated carbocycles. The van der Waals surface area contributed by atoms with Gasteiger partial charge in [-0.25, -0.2) is 0 Å². The van der Waals surface area contributed by atoms with Gasteiger partial charge in [0.2, 0.25) is 11.9 Å². The van der Waals surface area contributed by atoms with Crippen LogP contribution in [0.2, 0.25) is 0 Å². The van der Waals surface area contributed by atoms with Crippen LogP contribution in [0.4, 0.5) is 0 Å². The number of fused-ring (bicyclic) bond motifs is 9. The third-order valence-electron chi connectivity index (χ3n) is 10.4. The van der Waals surface area contributed by atoms with E-state index in [1.807, 2.05) is 0 Å². The smallest absolute Gasteiger partial charge is 0.240 e. The Bertz CT molecular complexity index is 2980. The summed E-state index contributed by atoms with van der Waals surface area (Å²) in [6.45, 7) is 2.15. The van der Waals surface area contributed by atoms with Crippen molar-refractivity contribution in [2.45, 2.75) is 6.92 Å². The second kappa shape index (κ2) is 11.0. The molecule has 0 atom stereocenters. The number of benzene rings is 7. The number of aryl methyl sites for hydroxylation is 1. The molecule has 0 radical (unpaired) electrons. The summed E-state index contributed by atoms with van der Waals surface area (Å²) in [4.78, 5) is 16.1. The van der Waals surface area contributed by atoms with Crippen LogP contribution < -0.4 is 0 Å². The van der Waals surface area contributed by atoms with Gasteiger partial charge in [0.25, 0.3) is 0 Å². The highest BCUT2D eigenvalue weighted by molar-refractivity contribution is 6.11. The summed E-state index contributed by atoms with van der Waals surface area (Å²) in [6.07, 6.45) is 0. The zero-order valence-electron chi connectivity index (χ0n) is 28.3. The summed E-state index contributed by atoms with van der Waals surface area (Å²) >= 11 is 0. The minimum Gasteiger partial charge on any atom is -0.309 e. The Morgan fingerprint density at radius 2 is 0.731 bits per heavy atom. The van der Waals surface area contributed by atoms with Gasteiger partial charge in [0.15, 0.2) is 5.82 Å². The maximum atomic E-state index is 5.38. The Hall–Kier alpha value is -7.05. The van der Waals surface area contributed by atoms with E-state index in [1.165, 1.54) is 16.3 Å². The van der Waals surface area contributed by atoms with Crippen LogP contribution in [0.1, 0.15) is 5.56 Å². The van der Waals surface area contributed by atoms with Crippen molar-refractivity contribution >= 4 is 65.4 Å². The van der Waals surface area contributed by atoms with Crippen molar-refractivity contribution in [3.8, 4) is 29.0 Å². The van der Waals surface area contributed by atoms with Crippen LogP contribution in [0, 0.1) is 6.92 Å². The zero-order chi connectivity index (χ0) is 34.3. The van der Waals surface area contributed by atoms with Crippen LogP contribution in [0.15, 0.2) is 164 Å². The van der Waals surface area contributed by atoms with Gasteiger partial charge >= 0.3 is 0 Å². The van der Waals surface area contributed by atoms with Crippen molar-refractivity contribution < 1.29 is 0 Å². The topological polar surface area (TPSA) is 53.5 Å². The first-order chi connectivity index (χ1) is 25.7. The van der Waals surface area contributed by atoms with E-state index in [4.69, 9.17) is 15.0 Å². The molecule has 6 nitrogen and oxygen atoms in total. The fraction of sp³-hybridized carbons (Fsp3) is 0.0217. The quantitative estimate of drug-likeness (QED) is 0.188. The number of nitrogens with zero attached hydrogens (tertiary/aromatic N) is 6. The van der Waals surface area contributed by atoms with Gasteiger partial charge in [-0.15, -0.1) is 0 Å². The Morgan fingerprint density at radius 3 is 1.23 bits per heavy atom. The summed E-state index contributed by atoms with van der Waals surface area (Å²) in [5.41, 5.74) is 9.59. The molecule has 0 bridgehead atoms. The van der Waals surface area contributed by atoms with Gasteiger partial charge in [0.05, 0.1) is 38.8 Å². The van der Waals surface area contributed by atoms with E-state index in [9.17, 15) is 0 Å². The minimum atomic E-state index is 0.562. The van der Waals surface area contributed by atoms with Crippen molar-refractivity contribution in [2.24, 2.45) is 0 Å². The van der Waals surface area contributed by atoms with Crippen molar-refractivity contribution in [1.82, 2.24) is 28.7 Å². The minimum absolute atomic E-state index is 0.562. The van der Waals surface area contributed by atoms with Crippen LogP contribution in [0.3, 0.4) is 0 Å². The standard InChI is InChI=1S/C46H30N6/c1-29-26-27-43-36(28-29)34-18-6-8-20-37(34)50(43)42-25-13-7-19-35(42)44-47-45(51-38-21-9-2-14-30(38)31-15-3-10-22-39(31)51)49-46(48-44)52-40-23-11-4-16-32(40)33-17-5-12-24-41(33)52/h2-28H,1H3. The maximum Gasteiger partial charge on any atom is 0.240 e. The summed E-state index contributed by atoms with van der Waals surface area (Å²) in [7, 11) is 0. The lowest BCUT2D eigenvalue weighted by molar-refractivity contribution is 0.892. The maximum absolute atomic E-state index is 5.38. The van der Waals surface area contributed by atoms with Gasteiger partial charge in [0.1, 0.15) is 0 Å². The van der Waals surface area contributed by atoms with Crippen LogP contribution in [0.5, 0.6) is 0 Å². The second-order valence-corrected chi connectivity index (χ2v) is 13.4. The Labute approximate surface area is 298 Å². The van der Waals surface area contributed by atoms with Crippen LogP contribution in [-0.2, 0) is 0 Å². The third-order valence-corrected chi connectivity index (χ3v) is 10.4. The predicted octanol–water partition coefficient (Wildman–Crippen LogP) is 11.1. The molecule has 0 saturated heterocycles. The molecule has 0 unspecified atom stereocenters. The number of aromatic nitrogens is 6. The molecule has 11 aromatic rings. The average Bonchev–Trinajstić information content (AvgIpc) is 3.83. The monoisotopic (exact) mass is 666 g/mol. The Balaban J connectivity index is 1.27. The van der Waals surface area contributed by atoms with Crippen molar-refractivity contribution in [3.05, 3.63) is 169 Å². The lowest BCUT2D eigenvalue weighted by Gasteiger charge is -2.16. The van der Waals surface area contributed by atoms with Crippen LogP contribution >= 0.6 is 0 Å². The number of hydrogen-bond donors (Lipinski definition) is 0. The van der Waals surface area contributed by atoms with Gasteiger partial charge < -0.3 is 4.57 Å². The molecule has 0 aliphatic carbocycles. The normalized spacial score (nSPS) is 11.9. The molecule has 52 heavy (non-hydrogen) atoms. The summed E-state index contributed by atoms with van der Waals surface area (Å²) < 4.78 is 6.71. The van der Waals surface area contributed by atoms with E-state index in [1.54, 1.807) is 0 Å². The molecule has 0 aliphatic rings. The molecule has 7 aromatic carbocycles. The van der Waals surface area contributed by atoms with E-state index < -0.39 is 0 Å². The third kappa shape index (κ3) is 4.09. The fourth-order valence-electron chi connectivity index (χ4n) is 8.15. The van der Waals surface area contributed by atoms with Gasteiger partial charge in [-0.3, -0.25) is 9.13 Å². The number of hydrogen-bond acceptors (Lipinski definition) is 3. The molecule has 11 rings (SSSR count). The van der Waals surface area contributed by atoms with E-state index in [2.05, 4.69) is 184 Å². The van der Waals surface area contributed by atoms with Crippen molar-refractivity contribution in [2.75, 3.05) is 0 Å². The fourth-order valence-corrected chi connectivity index (χ4v) is 8.15. The van der Waals surface area contributed by atoms with Gasteiger partial charge in [-0.05, 0) is 61.5 Å². The molecule has 6 heteroatoms. The molecular weight excluding hydrogens is 637 g/mol. The predicted molar refractivity (Wildman–Crippen MR) is 213 cm³/mol. The van der Waals surface area contributed by atoms with Crippen LogP contribution in [-0.4, -0.2) is 28.7 Å². The first-order valence-corrected chi connectivity index (χ1v) is 17.6. The van der Waals surface area contributed by atoms with E-state index in [0.717, 1.165) is 65.9 Å². The van der Waals surface area contributed by atoms with Crippen molar-refractivity contribution in [3.63, 3.8) is 0 Å². The first kappa shape index (κ1) is 28.8. The first-order valence-electron chi connectivity index (χ1n) is 17.6. The summed E-state index contributed by atoms with van der Waals surface area (Å²) in [5, 5.41) is 7.04. The lowest BCUT2D eigenvalue weighted by Crippen LogP contribution is -2.11. The average molecular weight is 667 g/mol. The molecule has 0 aliphatic heterocycles. The van der Waals surface area contributed by atoms with Crippen molar-refractivity contribution in [1.29, 1.82) is 0 Å². The summed E-state index contributed by atoms with van der Waals surface area (Å²) in [5.74, 6) is 1.72. The molecule has 0 amide bonds. The van der Waals surface area contributed by atoms with Gasteiger partial charge in [-0.1, -0.05) is 115 Å². The molecule has 4 heterocycles. The van der Waals surface area contributed by atoms with Gasteiger partial charge in [0, 0.05) is 37.9 Å². The molecule has 0 spiro atoms. The lowest BCUT2D eigenvalue weighted by atomic mass is 10.1. The SMILES string of the molecule is Cc1ccc2c(c1)c1ccccc1n2-c1ccccc1-c1nc(-n2c3ccccc3c3ccccc32)nc(-n2c3ccccc3c3ccccc32)n1. The van der Waals surface area contributed by atoms with Gasteiger partial charge in [-0.2, -0.15) is 15.0 Å². The highest BCUT2D eigenvalue weighted by atomic mass is 15.3. The zero-order valence-corrected chi connectivity index (χ0v) is 28.3. The Kier molecular flexibility index (Phi) is 6.07. The molecule has 244 valence electrons. The highest BCUT2D eigenvalue weighted by Crippen LogP contribution is 2.38. The number of rotatable bonds is 4. The molecule has 0 fully saturated rings. The van der Waals surface area contributed by atoms with E-state index >= 15 is 0 Å². The van der Waals surface area contributed by atoms with E-state index in [0.29, 0.717) is 17.7 Å². The molecule has 0 N–H and O–H groups in total. The van der Waals surface area contributed by atoms with E-state index in [-0.39, 0.29) is 0 Å². The highest BCUT2D eigenvalue weighted by Gasteiger charge is 2.22.